The molecule has 8 nitrogen and oxygen atoms in total. The summed E-state index contributed by atoms with van der Waals surface area (Å²) >= 11 is 0. The van der Waals surface area contributed by atoms with Crippen molar-refractivity contribution in [2.75, 3.05) is 36.6 Å². The molecule has 3 N–H and O–H groups in total. The molecular formula is C34H30F3N5O3S. The Hall–Kier alpha value is -4.94. The molecule has 1 saturated heterocycles. The molecule has 1 unspecified atom stereocenters. The first-order valence-electron chi connectivity index (χ1n) is 14.6. The molecule has 236 valence electrons. The number of carbonyl (C=O) groups is 1. The fraction of sp³-hybridized carbons (Fsp3) is 0.176. The van der Waals surface area contributed by atoms with E-state index in [4.69, 9.17) is 5.73 Å². The highest BCUT2D eigenvalue weighted by Crippen LogP contribution is 2.34. The normalized spacial score (nSPS) is 14.7. The number of benzene rings is 4. The van der Waals surface area contributed by atoms with Gasteiger partial charge in [-0.2, -0.15) is 0 Å². The van der Waals surface area contributed by atoms with E-state index in [0.717, 1.165) is 11.5 Å². The maximum absolute atomic E-state index is 14.3. The number of nitrogens with zero attached hydrogens (tertiary/aromatic N) is 3. The Morgan fingerprint density at radius 3 is 2.28 bits per heavy atom. The summed E-state index contributed by atoms with van der Waals surface area (Å²) < 4.78 is 71.3. The molecule has 5 aromatic rings. The number of aromatic nitrogens is 1. The van der Waals surface area contributed by atoms with Gasteiger partial charge in [-0.1, -0.05) is 24.3 Å². The van der Waals surface area contributed by atoms with Crippen LogP contribution in [0.2, 0.25) is 0 Å². The van der Waals surface area contributed by atoms with Crippen LogP contribution in [-0.4, -0.2) is 55.3 Å². The molecule has 1 aliphatic heterocycles. The number of carbonyl (C=O) groups excluding carboxylic acids is 1. The van der Waals surface area contributed by atoms with Gasteiger partial charge in [-0.25, -0.2) is 21.6 Å². The summed E-state index contributed by atoms with van der Waals surface area (Å²) in [5, 5.41) is 0.854. The predicted molar refractivity (Wildman–Crippen MR) is 171 cm³/mol. The highest BCUT2D eigenvalue weighted by Gasteiger charge is 2.28. The highest BCUT2D eigenvalue weighted by atomic mass is 32.2. The second kappa shape index (κ2) is 12.5. The van der Waals surface area contributed by atoms with Crippen LogP contribution in [0.3, 0.4) is 0 Å². The molecule has 1 aliphatic rings. The summed E-state index contributed by atoms with van der Waals surface area (Å²) in [6.07, 6.45) is 1.64. The zero-order chi connectivity index (χ0) is 32.6. The van der Waals surface area contributed by atoms with Crippen molar-refractivity contribution in [3.05, 3.63) is 120 Å². The Bertz CT molecular complexity index is 2040. The number of amides is 1. The van der Waals surface area contributed by atoms with Gasteiger partial charge in [0, 0.05) is 83.5 Å². The van der Waals surface area contributed by atoms with E-state index in [1.54, 1.807) is 48.4 Å². The molecule has 46 heavy (non-hydrogen) atoms. The van der Waals surface area contributed by atoms with Gasteiger partial charge >= 0.3 is 0 Å². The van der Waals surface area contributed by atoms with Gasteiger partial charge in [0.15, 0.2) is 11.6 Å². The summed E-state index contributed by atoms with van der Waals surface area (Å²) in [5.74, 6) is -3.42. The van der Waals surface area contributed by atoms with Crippen LogP contribution >= 0.6 is 0 Å². The van der Waals surface area contributed by atoms with Gasteiger partial charge in [0.05, 0.1) is 10.4 Å². The number of halogens is 3. The van der Waals surface area contributed by atoms with Crippen molar-refractivity contribution in [3.63, 3.8) is 0 Å². The SMILES string of the molecule is CC(c1cc(F)c(F)cc1F)N1CCN(C(=O)c2ccc(NS(=O)(=O)c3ccc(N)cc3-c3cccc4cccnc34)cc2)CC1. The monoisotopic (exact) mass is 645 g/mol. The predicted octanol–water partition coefficient (Wildman–Crippen LogP) is 6.22. The van der Waals surface area contributed by atoms with E-state index in [2.05, 4.69) is 9.71 Å². The Morgan fingerprint density at radius 1 is 0.848 bits per heavy atom. The summed E-state index contributed by atoms with van der Waals surface area (Å²) in [4.78, 5) is 21.3. The number of sulfonamides is 1. The molecule has 4 aromatic carbocycles. The van der Waals surface area contributed by atoms with Gasteiger partial charge in [0.25, 0.3) is 15.9 Å². The van der Waals surface area contributed by atoms with Crippen molar-refractivity contribution < 1.29 is 26.4 Å². The zero-order valence-corrected chi connectivity index (χ0v) is 25.6. The lowest BCUT2D eigenvalue weighted by Crippen LogP contribution is -2.49. The van der Waals surface area contributed by atoms with E-state index < -0.39 is 33.5 Å². The Balaban J connectivity index is 1.15. The number of anilines is 2. The van der Waals surface area contributed by atoms with Crippen LogP contribution in [0.1, 0.15) is 28.9 Å². The van der Waals surface area contributed by atoms with E-state index >= 15 is 0 Å². The lowest BCUT2D eigenvalue weighted by Gasteiger charge is -2.38. The standard InChI is InChI=1S/C34H30F3N5O3S/c1-21(27-19-30(36)31(37)20-29(27)35)41-14-16-42(17-15-41)34(43)23-7-10-25(11-8-23)40-46(44,45)32-12-9-24(38)18-28(32)26-6-2-4-22-5-3-13-39-33(22)26/h2-13,18-21,40H,14-17,38H2,1H3. The lowest BCUT2D eigenvalue weighted by atomic mass is 10.0. The van der Waals surface area contributed by atoms with Crippen molar-refractivity contribution >= 4 is 38.2 Å². The Morgan fingerprint density at radius 2 is 1.54 bits per heavy atom. The average molecular weight is 646 g/mol. The molecule has 1 fully saturated rings. The van der Waals surface area contributed by atoms with Crippen LogP contribution in [0.15, 0.2) is 96.0 Å². The number of fused-ring (bicyclic) bond motifs is 1. The first-order chi connectivity index (χ1) is 22.0. The van der Waals surface area contributed by atoms with Gasteiger partial charge in [0.2, 0.25) is 0 Å². The van der Waals surface area contributed by atoms with Crippen LogP contribution in [-0.2, 0) is 10.0 Å². The highest BCUT2D eigenvalue weighted by molar-refractivity contribution is 7.92. The number of nitrogens with two attached hydrogens (primary N) is 1. The number of hydrogen-bond acceptors (Lipinski definition) is 6. The van der Waals surface area contributed by atoms with Crippen molar-refractivity contribution in [2.24, 2.45) is 0 Å². The molecular weight excluding hydrogens is 615 g/mol. The number of para-hydroxylation sites is 1. The van der Waals surface area contributed by atoms with Crippen LogP contribution in [0.25, 0.3) is 22.0 Å². The molecule has 2 heterocycles. The summed E-state index contributed by atoms with van der Waals surface area (Å²) in [7, 11) is -4.08. The molecule has 0 saturated carbocycles. The first-order valence-corrected chi connectivity index (χ1v) is 16.0. The second-order valence-electron chi connectivity index (χ2n) is 11.1. The summed E-state index contributed by atoms with van der Waals surface area (Å²) in [6, 6.07) is 20.8. The average Bonchev–Trinajstić information content (AvgIpc) is 3.05. The molecule has 1 aromatic heterocycles. The zero-order valence-electron chi connectivity index (χ0n) is 24.8. The van der Waals surface area contributed by atoms with Crippen molar-refractivity contribution in [3.8, 4) is 11.1 Å². The van der Waals surface area contributed by atoms with Crippen LogP contribution in [0.4, 0.5) is 24.5 Å². The molecule has 0 bridgehead atoms. The van der Waals surface area contributed by atoms with E-state index in [9.17, 15) is 26.4 Å². The van der Waals surface area contributed by atoms with Crippen molar-refractivity contribution in [2.45, 2.75) is 17.9 Å². The number of nitrogen functional groups attached to an aromatic ring is 1. The topological polar surface area (TPSA) is 109 Å². The molecule has 1 atom stereocenters. The molecule has 0 aliphatic carbocycles. The first kappa shape index (κ1) is 31.1. The maximum Gasteiger partial charge on any atom is 0.262 e. The number of hydrogen-bond donors (Lipinski definition) is 2. The van der Waals surface area contributed by atoms with Gasteiger partial charge in [-0.15, -0.1) is 0 Å². The van der Waals surface area contributed by atoms with Gasteiger partial charge in [-0.3, -0.25) is 19.4 Å². The third-order valence-electron chi connectivity index (χ3n) is 8.24. The van der Waals surface area contributed by atoms with Crippen LogP contribution in [0.5, 0.6) is 0 Å². The van der Waals surface area contributed by atoms with Crippen molar-refractivity contribution in [1.82, 2.24) is 14.8 Å². The van der Waals surface area contributed by atoms with Gasteiger partial charge < -0.3 is 10.6 Å². The molecule has 12 heteroatoms. The van der Waals surface area contributed by atoms with Crippen molar-refractivity contribution in [1.29, 1.82) is 0 Å². The largest absolute Gasteiger partial charge is 0.399 e. The summed E-state index contributed by atoms with van der Waals surface area (Å²) in [6.45, 7) is 3.19. The van der Waals surface area contributed by atoms with E-state index in [0.29, 0.717) is 60.1 Å². The fourth-order valence-electron chi connectivity index (χ4n) is 5.75. The number of piperazine rings is 1. The van der Waals surface area contributed by atoms with E-state index in [1.807, 2.05) is 23.1 Å². The third kappa shape index (κ3) is 6.13. The van der Waals surface area contributed by atoms with Gasteiger partial charge in [0.1, 0.15) is 5.82 Å². The quantitative estimate of drug-likeness (QED) is 0.161. The number of nitrogens with one attached hydrogen (secondary N) is 1. The fourth-order valence-corrected chi connectivity index (χ4v) is 7.02. The molecule has 6 rings (SSSR count). The van der Waals surface area contributed by atoms with Crippen LogP contribution in [0, 0.1) is 17.5 Å². The number of pyridine rings is 1. The smallest absolute Gasteiger partial charge is 0.262 e. The number of rotatable bonds is 7. The Labute approximate surface area is 264 Å². The minimum atomic E-state index is -4.08. The van der Waals surface area contributed by atoms with Gasteiger partial charge in [-0.05, 0) is 61.5 Å². The van der Waals surface area contributed by atoms with E-state index in [1.165, 1.54) is 24.3 Å². The minimum Gasteiger partial charge on any atom is -0.399 e. The molecule has 1 amide bonds. The second-order valence-corrected chi connectivity index (χ2v) is 12.8. The van der Waals surface area contributed by atoms with Crippen LogP contribution < -0.4 is 10.5 Å². The molecule has 0 spiro atoms. The summed E-state index contributed by atoms with van der Waals surface area (Å²) in [5.41, 5.74) is 8.81. The third-order valence-corrected chi connectivity index (χ3v) is 9.68. The van der Waals surface area contributed by atoms with E-state index in [-0.39, 0.29) is 22.1 Å². The maximum atomic E-state index is 14.3. The Kier molecular flexibility index (Phi) is 8.41. The minimum absolute atomic E-state index is 0.0235. The lowest BCUT2D eigenvalue weighted by molar-refractivity contribution is 0.0578. The molecule has 0 radical (unpaired) electrons.